The first kappa shape index (κ1) is 20.2. The van der Waals surface area contributed by atoms with Crippen molar-refractivity contribution in [1.29, 1.82) is 0 Å². The smallest absolute Gasteiger partial charge is 0.227 e. The highest BCUT2D eigenvalue weighted by molar-refractivity contribution is 5.78. The molecular formula is C23H26FN5O. The van der Waals surface area contributed by atoms with E-state index in [2.05, 4.69) is 32.2 Å². The number of carbonyl (C=O) groups is 1. The molecule has 0 bridgehead atoms. The first-order valence-electron chi connectivity index (χ1n) is 10.3. The Morgan fingerprint density at radius 2 is 1.93 bits per heavy atom. The van der Waals surface area contributed by atoms with Gasteiger partial charge in [0, 0.05) is 26.2 Å². The minimum atomic E-state index is -0.320. The fourth-order valence-electron chi connectivity index (χ4n) is 3.96. The average Bonchev–Trinajstić information content (AvgIpc) is 3.05. The van der Waals surface area contributed by atoms with E-state index >= 15 is 0 Å². The summed E-state index contributed by atoms with van der Waals surface area (Å²) < 4.78 is 13.5. The molecule has 1 aromatic heterocycles. The highest BCUT2D eigenvalue weighted by atomic mass is 19.1. The minimum Gasteiger partial charge on any atom is -0.340 e. The summed E-state index contributed by atoms with van der Waals surface area (Å²) >= 11 is 0. The molecule has 1 amide bonds. The summed E-state index contributed by atoms with van der Waals surface area (Å²) in [4.78, 5) is 21.8. The molecule has 156 valence electrons. The van der Waals surface area contributed by atoms with Crippen LogP contribution in [-0.4, -0.2) is 50.5 Å². The van der Waals surface area contributed by atoms with Crippen LogP contribution in [0.1, 0.15) is 35.2 Å². The summed E-state index contributed by atoms with van der Waals surface area (Å²) in [6, 6.07) is 16.4. The zero-order valence-electron chi connectivity index (χ0n) is 17.1. The molecule has 7 heteroatoms. The molecule has 4 rings (SSSR count). The Hall–Kier alpha value is -3.06. The van der Waals surface area contributed by atoms with Crippen molar-refractivity contribution in [2.75, 3.05) is 19.6 Å². The number of nitrogens with zero attached hydrogens (tertiary/aromatic N) is 4. The van der Waals surface area contributed by atoms with Gasteiger partial charge in [0.05, 0.1) is 12.5 Å². The van der Waals surface area contributed by atoms with Gasteiger partial charge in [0.2, 0.25) is 5.91 Å². The molecule has 1 aliphatic heterocycles. The van der Waals surface area contributed by atoms with Gasteiger partial charge in [-0.3, -0.25) is 14.8 Å². The number of rotatable bonds is 5. The topological polar surface area (TPSA) is 65.1 Å². The van der Waals surface area contributed by atoms with Crippen molar-refractivity contribution < 1.29 is 9.18 Å². The van der Waals surface area contributed by atoms with E-state index in [4.69, 9.17) is 0 Å². The van der Waals surface area contributed by atoms with E-state index in [9.17, 15) is 9.18 Å². The van der Waals surface area contributed by atoms with E-state index in [1.807, 2.05) is 30.0 Å². The third-order valence-electron chi connectivity index (χ3n) is 5.45. The summed E-state index contributed by atoms with van der Waals surface area (Å²) in [6.45, 7) is 4.67. The van der Waals surface area contributed by atoms with Gasteiger partial charge in [0.15, 0.2) is 5.82 Å². The van der Waals surface area contributed by atoms with Gasteiger partial charge in [-0.2, -0.15) is 5.10 Å². The Bertz CT molecular complexity index is 990. The van der Waals surface area contributed by atoms with E-state index in [0.717, 1.165) is 25.3 Å². The van der Waals surface area contributed by atoms with Crippen LogP contribution in [-0.2, 0) is 17.8 Å². The van der Waals surface area contributed by atoms with Crippen LogP contribution in [0.15, 0.2) is 54.6 Å². The summed E-state index contributed by atoms with van der Waals surface area (Å²) in [7, 11) is 0. The van der Waals surface area contributed by atoms with Gasteiger partial charge in [-0.15, -0.1) is 0 Å². The number of benzene rings is 2. The Balaban J connectivity index is 1.54. The van der Waals surface area contributed by atoms with E-state index in [-0.39, 0.29) is 24.2 Å². The van der Waals surface area contributed by atoms with Crippen LogP contribution >= 0.6 is 0 Å². The number of hydrogen-bond donors (Lipinski definition) is 1. The summed E-state index contributed by atoms with van der Waals surface area (Å²) in [5.41, 5.74) is 1.91. The van der Waals surface area contributed by atoms with Crippen molar-refractivity contribution in [1.82, 2.24) is 25.0 Å². The molecule has 1 N–H and O–H groups in total. The number of amides is 1. The van der Waals surface area contributed by atoms with Gasteiger partial charge in [0.25, 0.3) is 0 Å². The fourth-order valence-corrected chi connectivity index (χ4v) is 3.96. The normalized spacial score (nSPS) is 17.7. The van der Waals surface area contributed by atoms with E-state index < -0.39 is 0 Å². The molecule has 1 fully saturated rings. The van der Waals surface area contributed by atoms with Crippen molar-refractivity contribution in [2.45, 2.75) is 32.4 Å². The zero-order valence-corrected chi connectivity index (χ0v) is 17.1. The van der Waals surface area contributed by atoms with Crippen LogP contribution in [0.25, 0.3) is 0 Å². The van der Waals surface area contributed by atoms with Gasteiger partial charge in [-0.05, 0) is 36.6 Å². The predicted octanol–water partition coefficient (Wildman–Crippen LogP) is 3.27. The molecule has 6 nitrogen and oxygen atoms in total. The van der Waals surface area contributed by atoms with Crippen LogP contribution in [0.3, 0.4) is 0 Å². The van der Waals surface area contributed by atoms with Crippen molar-refractivity contribution in [3.63, 3.8) is 0 Å². The Morgan fingerprint density at radius 3 is 2.67 bits per heavy atom. The Morgan fingerprint density at radius 1 is 1.13 bits per heavy atom. The lowest BCUT2D eigenvalue weighted by molar-refractivity contribution is -0.130. The molecule has 1 unspecified atom stereocenters. The quantitative estimate of drug-likeness (QED) is 0.705. The molecule has 2 heterocycles. The predicted molar refractivity (Wildman–Crippen MR) is 112 cm³/mol. The van der Waals surface area contributed by atoms with Crippen LogP contribution < -0.4 is 0 Å². The van der Waals surface area contributed by atoms with E-state index in [1.165, 1.54) is 17.7 Å². The number of aromatic amines is 1. The van der Waals surface area contributed by atoms with Gasteiger partial charge in [-0.1, -0.05) is 42.5 Å². The first-order chi connectivity index (χ1) is 14.6. The van der Waals surface area contributed by atoms with Crippen molar-refractivity contribution in [3.05, 3.63) is 83.2 Å². The lowest BCUT2D eigenvalue weighted by Crippen LogP contribution is -2.38. The molecule has 0 saturated carbocycles. The number of aromatic nitrogens is 3. The van der Waals surface area contributed by atoms with Crippen LogP contribution in [0.2, 0.25) is 0 Å². The van der Waals surface area contributed by atoms with E-state index in [1.54, 1.807) is 12.1 Å². The zero-order chi connectivity index (χ0) is 20.9. The molecule has 0 spiro atoms. The minimum absolute atomic E-state index is 0.000538. The maximum atomic E-state index is 13.5. The second-order valence-corrected chi connectivity index (χ2v) is 7.75. The number of halogens is 1. The number of hydrogen-bond acceptors (Lipinski definition) is 4. The molecule has 1 saturated heterocycles. The molecule has 0 aliphatic carbocycles. The summed E-state index contributed by atoms with van der Waals surface area (Å²) in [5, 5.41) is 7.33. The number of carbonyl (C=O) groups excluding carboxylic acids is 1. The van der Waals surface area contributed by atoms with E-state index in [0.29, 0.717) is 24.5 Å². The standard InChI is InChI=1S/C23H26FN5O/c1-17-25-23(27-26-17)21-16-29(22(30)14-19-9-5-10-20(24)13-19)12-6-11-28(21)15-18-7-3-2-4-8-18/h2-5,7-10,13,21H,6,11-12,14-16H2,1H3,(H,25,26,27). The largest absolute Gasteiger partial charge is 0.340 e. The van der Waals surface area contributed by atoms with Crippen molar-refractivity contribution >= 4 is 5.91 Å². The lowest BCUT2D eigenvalue weighted by atomic mass is 10.1. The number of aryl methyl sites for hydroxylation is 1. The van der Waals surface area contributed by atoms with Gasteiger partial charge >= 0.3 is 0 Å². The van der Waals surface area contributed by atoms with Gasteiger partial charge in [-0.25, -0.2) is 9.37 Å². The summed E-state index contributed by atoms with van der Waals surface area (Å²) in [6.07, 6.45) is 1.05. The SMILES string of the molecule is Cc1nc(C2CN(C(=O)Cc3cccc(F)c3)CCCN2Cc2ccccc2)n[nH]1. The maximum Gasteiger partial charge on any atom is 0.227 e. The molecule has 0 radical (unpaired) electrons. The number of nitrogens with one attached hydrogen (secondary N) is 1. The monoisotopic (exact) mass is 407 g/mol. The highest BCUT2D eigenvalue weighted by Gasteiger charge is 2.31. The summed E-state index contributed by atoms with van der Waals surface area (Å²) in [5.74, 6) is 1.14. The lowest BCUT2D eigenvalue weighted by Gasteiger charge is -2.30. The van der Waals surface area contributed by atoms with Gasteiger partial charge < -0.3 is 4.90 Å². The van der Waals surface area contributed by atoms with Crippen molar-refractivity contribution in [3.8, 4) is 0 Å². The highest BCUT2D eigenvalue weighted by Crippen LogP contribution is 2.25. The Labute approximate surface area is 175 Å². The van der Waals surface area contributed by atoms with Crippen LogP contribution in [0.5, 0.6) is 0 Å². The number of H-pyrrole nitrogens is 1. The van der Waals surface area contributed by atoms with Gasteiger partial charge in [0.1, 0.15) is 11.6 Å². The average molecular weight is 407 g/mol. The molecule has 3 aromatic rings. The Kier molecular flexibility index (Phi) is 6.18. The van der Waals surface area contributed by atoms with Crippen LogP contribution in [0.4, 0.5) is 4.39 Å². The molecule has 1 aliphatic rings. The molecular weight excluding hydrogens is 381 g/mol. The second kappa shape index (κ2) is 9.17. The first-order valence-corrected chi connectivity index (χ1v) is 10.3. The van der Waals surface area contributed by atoms with Crippen molar-refractivity contribution in [2.24, 2.45) is 0 Å². The third-order valence-corrected chi connectivity index (χ3v) is 5.45. The van der Waals surface area contributed by atoms with Crippen LogP contribution in [0, 0.1) is 12.7 Å². The maximum absolute atomic E-state index is 13.5. The third kappa shape index (κ3) is 4.91. The fraction of sp³-hybridized carbons (Fsp3) is 0.348. The second-order valence-electron chi connectivity index (χ2n) is 7.75. The molecule has 30 heavy (non-hydrogen) atoms. The molecule has 1 atom stereocenters. The molecule has 2 aromatic carbocycles.